The van der Waals surface area contributed by atoms with Gasteiger partial charge in [-0.1, -0.05) is 6.07 Å². The number of carbonyl (C=O) groups excluding carboxylic acids is 1. The number of anilines is 2. The van der Waals surface area contributed by atoms with Crippen molar-refractivity contribution in [2.24, 2.45) is 0 Å². The zero-order valence-corrected chi connectivity index (χ0v) is 12.2. The molecule has 0 fully saturated rings. The first-order valence-electron chi connectivity index (χ1n) is 6.21. The highest BCUT2D eigenvalue weighted by Gasteiger charge is 2.26. The molecule has 2 aromatic carbocycles. The third-order valence-electron chi connectivity index (χ3n) is 3.43. The Balaban J connectivity index is 1.97. The maximum Gasteiger partial charge on any atom is 0.258 e. The number of nitrogens with two attached hydrogens (primary N) is 1. The fourth-order valence-electron chi connectivity index (χ4n) is 2.40. The molecule has 0 unspecified atom stereocenters. The molecule has 1 amide bonds. The van der Waals surface area contributed by atoms with Crippen LogP contribution in [0.1, 0.15) is 15.9 Å². The zero-order chi connectivity index (χ0) is 14.3. The van der Waals surface area contributed by atoms with Crippen molar-refractivity contribution in [3.05, 3.63) is 57.8 Å². The van der Waals surface area contributed by atoms with Gasteiger partial charge in [0, 0.05) is 22.3 Å². The predicted molar refractivity (Wildman–Crippen MR) is 80.3 cm³/mol. The van der Waals surface area contributed by atoms with Crippen LogP contribution in [-0.4, -0.2) is 12.5 Å². The topological polar surface area (TPSA) is 46.3 Å². The summed E-state index contributed by atoms with van der Waals surface area (Å²) in [5.41, 5.74) is 8.45. The summed E-state index contributed by atoms with van der Waals surface area (Å²) >= 11 is 3.30. The smallest absolute Gasteiger partial charge is 0.258 e. The second-order valence-electron chi connectivity index (χ2n) is 4.72. The first-order chi connectivity index (χ1) is 9.56. The van der Waals surface area contributed by atoms with E-state index in [1.165, 1.54) is 12.1 Å². The van der Waals surface area contributed by atoms with Gasteiger partial charge in [0.25, 0.3) is 5.91 Å². The number of halogens is 2. The van der Waals surface area contributed by atoms with Gasteiger partial charge < -0.3 is 10.6 Å². The Bertz CT molecular complexity index is 702. The summed E-state index contributed by atoms with van der Waals surface area (Å²) in [7, 11) is 0. The fourth-order valence-corrected chi connectivity index (χ4v) is 2.64. The van der Waals surface area contributed by atoms with Crippen LogP contribution in [0.15, 0.2) is 40.9 Å². The summed E-state index contributed by atoms with van der Waals surface area (Å²) in [5, 5.41) is 0. The molecule has 1 aliphatic rings. The molecule has 2 N–H and O–H groups in total. The lowest BCUT2D eigenvalue weighted by Gasteiger charge is -2.17. The number of nitrogen functional groups attached to an aromatic ring is 1. The normalized spacial score (nSPS) is 13.4. The van der Waals surface area contributed by atoms with Crippen LogP contribution >= 0.6 is 15.9 Å². The molecule has 1 aliphatic heterocycles. The number of rotatable bonds is 1. The van der Waals surface area contributed by atoms with Crippen LogP contribution < -0.4 is 10.6 Å². The van der Waals surface area contributed by atoms with Crippen LogP contribution in [0.25, 0.3) is 0 Å². The molecule has 3 nitrogen and oxygen atoms in total. The molecule has 0 saturated carbocycles. The standard InChI is InChI=1S/C15H12BrFN2O/c16-12-4-2-10(7-13(12)18)15(20)19-6-5-9-1-3-11(17)8-14(9)19/h1-4,7-8H,5-6,18H2. The van der Waals surface area contributed by atoms with Crippen LogP contribution in [0.3, 0.4) is 0 Å². The highest BCUT2D eigenvalue weighted by Crippen LogP contribution is 2.30. The van der Waals surface area contributed by atoms with Gasteiger partial charge in [0.05, 0.1) is 5.69 Å². The quantitative estimate of drug-likeness (QED) is 0.812. The van der Waals surface area contributed by atoms with Gasteiger partial charge in [0.1, 0.15) is 5.82 Å². The average molecular weight is 335 g/mol. The van der Waals surface area contributed by atoms with E-state index in [1.54, 1.807) is 29.2 Å². The molecule has 0 aliphatic carbocycles. The maximum atomic E-state index is 13.4. The van der Waals surface area contributed by atoms with Gasteiger partial charge in [-0.2, -0.15) is 0 Å². The molecule has 20 heavy (non-hydrogen) atoms. The number of fused-ring (bicyclic) bond motifs is 1. The Kier molecular flexibility index (Phi) is 3.22. The van der Waals surface area contributed by atoms with E-state index in [0.717, 1.165) is 16.5 Å². The summed E-state index contributed by atoms with van der Waals surface area (Å²) < 4.78 is 14.1. The van der Waals surface area contributed by atoms with E-state index in [2.05, 4.69) is 15.9 Å². The van der Waals surface area contributed by atoms with Gasteiger partial charge in [-0.05, 0) is 58.2 Å². The predicted octanol–water partition coefficient (Wildman–Crippen LogP) is 3.37. The van der Waals surface area contributed by atoms with Crippen molar-refractivity contribution >= 4 is 33.2 Å². The van der Waals surface area contributed by atoms with E-state index >= 15 is 0 Å². The number of amides is 1. The highest BCUT2D eigenvalue weighted by atomic mass is 79.9. The molecular formula is C15H12BrFN2O. The number of hydrogen-bond acceptors (Lipinski definition) is 2. The molecule has 0 radical (unpaired) electrons. The summed E-state index contributed by atoms with van der Waals surface area (Å²) in [6, 6.07) is 9.63. The van der Waals surface area contributed by atoms with Crippen molar-refractivity contribution in [3.8, 4) is 0 Å². The Morgan fingerprint density at radius 3 is 2.80 bits per heavy atom. The van der Waals surface area contributed by atoms with E-state index in [9.17, 15) is 9.18 Å². The van der Waals surface area contributed by atoms with Crippen LogP contribution in [0, 0.1) is 5.82 Å². The molecule has 1 heterocycles. The largest absolute Gasteiger partial charge is 0.398 e. The van der Waals surface area contributed by atoms with Gasteiger partial charge in [-0.25, -0.2) is 4.39 Å². The lowest BCUT2D eigenvalue weighted by molar-refractivity contribution is 0.0989. The Morgan fingerprint density at radius 2 is 2.05 bits per heavy atom. The fraction of sp³-hybridized carbons (Fsp3) is 0.133. The van der Waals surface area contributed by atoms with Crippen LogP contribution in [-0.2, 0) is 6.42 Å². The molecule has 0 aromatic heterocycles. The van der Waals surface area contributed by atoms with Gasteiger partial charge in [-0.15, -0.1) is 0 Å². The maximum absolute atomic E-state index is 13.4. The van der Waals surface area contributed by atoms with Crippen LogP contribution in [0.5, 0.6) is 0 Å². The third kappa shape index (κ3) is 2.18. The number of hydrogen-bond donors (Lipinski definition) is 1. The monoisotopic (exact) mass is 334 g/mol. The number of benzene rings is 2. The van der Waals surface area contributed by atoms with Gasteiger partial charge in [-0.3, -0.25) is 4.79 Å². The van der Waals surface area contributed by atoms with Gasteiger partial charge >= 0.3 is 0 Å². The Labute approximate surface area is 124 Å². The van der Waals surface area contributed by atoms with E-state index in [1.807, 2.05) is 0 Å². The van der Waals surface area contributed by atoms with E-state index in [4.69, 9.17) is 5.73 Å². The molecule has 2 aromatic rings. The first-order valence-corrected chi connectivity index (χ1v) is 7.01. The molecule has 0 atom stereocenters. The highest BCUT2D eigenvalue weighted by molar-refractivity contribution is 9.10. The molecular weight excluding hydrogens is 323 g/mol. The van der Waals surface area contributed by atoms with Crippen LogP contribution in [0.4, 0.5) is 15.8 Å². The number of nitrogens with zero attached hydrogens (tertiary/aromatic N) is 1. The molecule has 3 rings (SSSR count). The zero-order valence-electron chi connectivity index (χ0n) is 10.6. The van der Waals surface area contributed by atoms with Crippen molar-refractivity contribution < 1.29 is 9.18 Å². The SMILES string of the molecule is Nc1cc(C(=O)N2CCc3ccc(F)cc32)ccc1Br. The van der Waals surface area contributed by atoms with Crippen molar-refractivity contribution in [3.63, 3.8) is 0 Å². The summed E-state index contributed by atoms with van der Waals surface area (Å²) in [6.45, 7) is 0.563. The lowest BCUT2D eigenvalue weighted by Crippen LogP contribution is -2.29. The minimum atomic E-state index is -0.334. The molecule has 0 saturated heterocycles. The summed E-state index contributed by atoms with van der Waals surface area (Å²) in [4.78, 5) is 14.1. The van der Waals surface area contributed by atoms with Crippen LogP contribution in [0.2, 0.25) is 0 Å². The molecule has 0 bridgehead atoms. The van der Waals surface area contributed by atoms with Crippen molar-refractivity contribution in [2.45, 2.75) is 6.42 Å². The Morgan fingerprint density at radius 1 is 1.25 bits per heavy atom. The average Bonchev–Trinajstić information content (AvgIpc) is 2.84. The Hall–Kier alpha value is -1.88. The first kappa shape index (κ1) is 13.1. The van der Waals surface area contributed by atoms with Gasteiger partial charge in [0.2, 0.25) is 0 Å². The van der Waals surface area contributed by atoms with E-state index < -0.39 is 0 Å². The second kappa shape index (κ2) is 4.90. The molecule has 5 heteroatoms. The summed E-state index contributed by atoms with van der Waals surface area (Å²) in [5.74, 6) is -0.493. The van der Waals surface area contributed by atoms with Crippen molar-refractivity contribution in [1.82, 2.24) is 0 Å². The van der Waals surface area contributed by atoms with E-state index in [0.29, 0.717) is 23.5 Å². The van der Waals surface area contributed by atoms with Crippen molar-refractivity contribution in [2.75, 3.05) is 17.2 Å². The summed E-state index contributed by atoms with van der Waals surface area (Å²) in [6.07, 6.45) is 0.743. The van der Waals surface area contributed by atoms with Crippen molar-refractivity contribution in [1.29, 1.82) is 0 Å². The minimum absolute atomic E-state index is 0.159. The lowest BCUT2D eigenvalue weighted by atomic mass is 10.1. The molecule has 102 valence electrons. The van der Waals surface area contributed by atoms with E-state index in [-0.39, 0.29) is 11.7 Å². The molecule has 0 spiro atoms. The third-order valence-corrected chi connectivity index (χ3v) is 4.15. The second-order valence-corrected chi connectivity index (χ2v) is 5.57. The minimum Gasteiger partial charge on any atom is -0.398 e. The van der Waals surface area contributed by atoms with Gasteiger partial charge in [0.15, 0.2) is 0 Å². The number of carbonyl (C=O) groups is 1.